The molecule has 0 N–H and O–H groups in total. The first-order valence-electron chi connectivity index (χ1n) is 17.4. The first-order chi connectivity index (χ1) is 22.7. The predicted molar refractivity (Wildman–Crippen MR) is 196 cm³/mol. The third-order valence-corrected chi connectivity index (χ3v) is 25.3. The summed E-state index contributed by atoms with van der Waals surface area (Å²) in [7, 11) is 0. The number of hydrogen-bond acceptors (Lipinski definition) is 2. The van der Waals surface area contributed by atoms with Crippen LogP contribution in [0, 0.1) is 0 Å². The molecule has 0 spiro atoms. The van der Waals surface area contributed by atoms with Gasteiger partial charge in [0.25, 0.3) is 0 Å². The maximum absolute atomic E-state index is 5.16. The Morgan fingerprint density at radius 3 is 1.54 bits per heavy atom. The molecule has 0 bridgehead atoms. The molecule has 0 saturated carbocycles. The van der Waals surface area contributed by atoms with Crippen molar-refractivity contribution in [3.05, 3.63) is 145 Å². The summed E-state index contributed by atoms with van der Waals surface area (Å²) in [6.45, 7) is 7.04. The van der Waals surface area contributed by atoms with Crippen molar-refractivity contribution in [2.75, 3.05) is 0 Å². The Hall–Kier alpha value is -3.64. The van der Waals surface area contributed by atoms with Gasteiger partial charge in [-0.15, -0.1) is 0 Å². The van der Waals surface area contributed by atoms with Crippen LogP contribution in [0.3, 0.4) is 0 Å². The van der Waals surface area contributed by atoms with Gasteiger partial charge in [-0.2, -0.15) is 0 Å². The van der Waals surface area contributed by atoms with E-state index in [1.54, 1.807) is 3.71 Å². The summed E-state index contributed by atoms with van der Waals surface area (Å²) < 4.78 is 10.5. The number of fused-ring (bicyclic) bond motifs is 1. The number of imidazole rings is 1. The fraction of sp³-hybridized carbons (Fsp3) is 0.317. The van der Waals surface area contributed by atoms with Gasteiger partial charge in [0.15, 0.2) is 0 Å². The van der Waals surface area contributed by atoms with E-state index in [1.807, 2.05) is 6.20 Å². The van der Waals surface area contributed by atoms with Gasteiger partial charge in [0.05, 0.1) is 0 Å². The van der Waals surface area contributed by atoms with Crippen LogP contribution in [-0.4, -0.2) is 37.5 Å². The van der Waals surface area contributed by atoms with Crippen LogP contribution in [0.2, 0.25) is 13.3 Å². The molecule has 0 amide bonds. The fourth-order valence-corrected chi connectivity index (χ4v) is 23.5. The Morgan fingerprint density at radius 1 is 0.565 bits per heavy atom. The SMILES string of the molecule is CCC[CH2][Sn]([CH2]CCC)([CH2]CCC)[c]1cnc2ccc(-c3cnn(C(c4ccccc4)(c4ccccc4)c4ccccc4)c3)cn12. The van der Waals surface area contributed by atoms with Gasteiger partial charge in [-0.3, -0.25) is 0 Å². The van der Waals surface area contributed by atoms with E-state index >= 15 is 0 Å². The number of benzene rings is 3. The molecule has 6 rings (SSSR count). The summed E-state index contributed by atoms with van der Waals surface area (Å²) in [4.78, 5) is 5.00. The minimum absolute atomic E-state index is 0.627. The van der Waals surface area contributed by atoms with Gasteiger partial charge < -0.3 is 0 Å². The van der Waals surface area contributed by atoms with Crippen LogP contribution < -0.4 is 3.71 Å². The van der Waals surface area contributed by atoms with E-state index in [0.29, 0.717) is 0 Å². The number of aromatic nitrogens is 4. The maximum atomic E-state index is 5.16. The average Bonchev–Trinajstić information content (AvgIpc) is 3.78. The summed E-state index contributed by atoms with van der Waals surface area (Å²) in [5, 5.41) is 5.16. The first-order valence-corrected chi connectivity index (χ1v) is 24.8. The number of unbranched alkanes of at least 4 members (excludes halogenated alkanes) is 3. The van der Waals surface area contributed by atoms with Crippen LogP contribution in [0.25, 0.3) is 16.8 Å². The molecular weight excluding hydrogens is 667 g/mol. The van der Waals surface area contributed by atoms with Crippen molar-refractivity contribution >= 4 is 27.7 Å². The van der Waals surface area contributed by atoms with Crippen molar-refractivity contribution < 1.29 is 0 Å². The average molecular weight is 716 g/mol. The molecule has 0 fully saturated rings. The van der Waals surface area contributed by atoms with Crippen LogP contribution in [0.5, 0.6) is 0 Å². The third kappa shape index (κ3) is 6.21. The summed E-state index contributed by atoms with van der Waals surface area (Å²) in [6, 6.07) is 36.8. The molecule has 4 nitrogen and oxygen atoms in total. The zero-order chi connectivity index (χ0) is 31.8. The van der Waals surface area contributed by atoms with Crippen LogP contribution in [0.4, 0.5) is 0 Å². The van der Waals surface area contributed by atoms with E-state index < -0.39 is 23.9 Å². The molecular formula is C41H48N4Sn. The molecule has 0 unspecified atom stereocenters. The van der Waals surface area contributed by atoms with Crippen LogP contribution in [0.15, 0.2) is 128 Å². The van der Waals surface area contributed by atoms with Crippen LogP contribution in [-0.2, 0) is 5.54 Å². The zero-order valence-electron chi connectivity index (χ0n) is 27.8. The number of rotatable bonds is 15. The van der Waals surface area contributed by atoms with Gasteiger partial charge in [-0.25, -0.2) is 0 Å². The van der Waals surface area contributed by atoms with Gasteiger partial charge in [0.1, 0.15) is 0 Å². The normalized spacial score (nSPS) is 12.2. The Balaban J connectivity index is 1.50. The van der Waals surface area contributed by atoms with E-state index in [9.17, 15) is 0 Å². The Morgan fingerprint density at radius 2 is 1.07 bits per heavy atom. The zero-order valence-corrected chi connectivity index (χ0v) is 30.6. The standard InChI is InChI=1S/C29H21N4.3C4H9.Sn/c1-4-10-25(11-5-1)29(26-12-6-2-7-13-26,27-14-8-3-9-15-27)33-22-24(20-31-33)23-16-17-28-30-18-19-32(28)21-23;3*1-3-4-2;/h1-18,20-22H;3*1,3-4H2,2H3;. The van der Waals surface area contributed by atoms with Gasteiger partial charge in [0.2, 0.25) is 0 Å². The van der Waals surface area contributed by atoms with Crippen LogP contribution >= 0.6 is 0 Å². The second-order valence-electron chi connectivity index (χ2n) is 12.9. The van der Waals surface area contributed by atoms with E-state index in [2.05, 4.69) is 152 Å². The molecule has 0 radical (unpaired) electrons. The fourth-order valence-electron chi connectivity index (χ4n) is 7.44. The third-order valence-electron chi connectivity index (χ3n) is 9.91. The topological polar surface area (TPSA) is 35.1 Å². The van der Waals surface area contributed by atoms with E-state index in [4.69, 9.17) is 10.1 Å². The Bertz CT molecular complexity index is 1690. The molecule has 3 heterocycles. The van der Waals surface area contributed by atoms with E-state index in [-0.39, 0.29) is 0 Å². The molecule has 5 heteroatoms. The summed E-state index contributed by atoms with van der Waals surface area (Å²) in [5.74, 6) is 0. The van der Waals surface area contributed by atoms with Gasteiger partial charge in [-0.1, -0.05) is 0 Å². The second-order valence-corrected chi connectivity index (χ2v) is 25.9. The minimum atomic E-state index is -2.72. The molecule has 0 saturated heterocycles. The first kappa shape index (κ1) is 32.3. The molecule has 6 aromatic rings. The number of hydrogen-bond donors (Lipinski definition) is 0. The summed E-state index contributed by atoms with van der Waals surface area (Å²) in [6.07, 6.45) is 16.7. The van der Waals surface area contributed by atoms with Crippen molar-refractivity contribution in [2.45, 2.75) is 78.1 Å². The molecule has 0 atom stereocenters. The van der Waals surface area contributed by atoms with Crippen molar-refractivity contribution in [1.29, 1.82) is 0 Å². The second kappa shape index (κ2) is 14.8. The molecule has 3 aromatic heterocycles. The molecule has 0 aliphatic carbocycles. The summed E-state index contributed by atoms with van der Waals surface area (Å²) in [5.41, 5.74) is 6.28. The van der Waals surface area contributed by atoms with Crippen molar-refractivity contribution in [3.63, 3.8) is 0 Å². The van der Waals surface area contributed by atoms with Gasteiger partial charge in [-0.05, 0) is 0 Å². The monoisotopic (exact) mass is 716 g/mol. The number of pyridine rings is 1. The van der Waals surface area contributed by atoms with Crippen molar-refractivity contribution in [2.24, 2.45) is 0 Å². The van der Waals surface area contributed by atoms with E-state index in [0.717, 1.165) is 11.2 Å². The molecule has 0 aliphatic rings. The molecule has 236 valence electrons. The Labute approximate surface area is 279 Å². The molecule has 3 aromatic carbocycles. The quantitative estimate of drug-likeness (QED) is 0.0784. The molecule has 0 aliphatic heterocycles. The van der Waals surface area contributed by atoms with Gasteiger partial charge in [0, 0.05) is 0 Å². The van der Waals surface area contributed by atoms with Crippen molar-refractivity contribution in [3.8, 4) is 11.1 Å². The molecule has 46 heavy (non-hydrogen) atoms. The van der Waals surface area contributed by atoms with Gasteiger partial charge >= 0.3 is 281 Å². The van der Waals surface area contributed by atoms with Crippen molar-refractivity contribution in [1.82, 2.24) is 19.2 Å². The summed E-state index contributed by atoms with van der Waals surface area (Å²) >= 11 is -2.72. The van der Waals surface area contributed by atoms with E-state index in [1.165, 1.54) is 74.1 Å². The number of nitrogens with zero attached hydrogens (tertiary/aromatic N) is 4. The predicted octanol–water partition coefficient (Wildman–Crippen LogP) is 10.1. The Kier molecular flexibility index (Phi) is 10.4. The van der Waals surface area contributed by atoms with Crippen LogP contribution in [0.1, 0.15) is 76.0 Å².